The lowest BCUT2D eigenvalue weighted by Crippen LogP contribution is -2.26. The lowest BCUT2D eigenvalue weighted by Gasteiger charge is -2.19. The number of para-hydroxylation sites is 1. The summed E-state index contributed by atoms with van der Waals surface area (Å²) in [5.74, 6) is 0.581. The molecule has 0 radical (unpaired) electrons. The number of anilines is 2. The van der Waals surface area contributed by atoms with E-state index < -0.39 is 15.9 Å². The molecule has 4 aromatic rings. The van der Waals surface area contributed by atoms with Crippen LogP contribution in [0.2, 0.25) is 0 Å². The van der Waals surface area contributed by atoms with E-state index in [4.69, 9.17) is 4.52 Å². The minimum Gasteiger partial charge on any atom is -0.338 e. The molecule has 1 heterocycles. The van der Waals surface area contributed by atoms with Gasteiger partial charge in [0.1, 0.15) is 0 Å². The van der Waals surface area contributed by atoms with Crippen LogP contribution < -0.4 is 9.62 Å². The van der Waals surface area contributed by atoms with Crippen molar-refractivity contribution in [2.75, 3.05) is 16.7 Å². The van der Waals surface area contributed by atoms with Gasteiger partial charge >= 0.3 is 0 Å². The van der Waals surface area contributed by atoms with Crippen LogP contribution in [-0.4, -0.2) is 31.5 Å². The number of nitrogens with zero attached hydrogens (tertiary/aromatic N) is 3. The van der Waals surface area contributed by atoms with E-state index in [0.717, 1.165) is 5.56 Å². The van der Waals surface area contributed by atoms with Crippen molar-refractivity contribution in [3.8, 4) is 11.4 Å². The Morgan fingerprint density at radius 2 is 1.63 bits per heavy atom. The zero-order valence-corrected chi connectivity index (χ0v) is 20.7. The minimum atomic E-state index is -3.84. The van der Waals surface area contributed by atoms with Gasteiger partial charge in [0, 0.05) is 29.3 Å². The molecular formula is C26H26N4O4S. The van der Waals surface area contributed by atoms with Crippen LogP contribution in [0.3, 0.4) is 0 Å². The zero-order chi connectivity index (χ0) is 25.2. The number of benzene rings is 3. The summed E-state index contributed by atoms with van der Waals surface area (Å²) in [4.78, 5) is 17.3. The molecule has 35 heavy (non-hydrogen) atoms. The van der Waals surface area contributed by atoms with Crippen LogP contribution in [0.25, 0.3) is 11.4 Å². The topological polar surface area (TPSA) is 105 Å². The third-order valence-electron chi connectivity index (χ3n) is 5.34. The van der Waals surface area contributed by atoms with Crippen LogP contribution in [0.4, 0.5) is 11.4 Å². The van der Waals surface area contributed by atoms with Gasteiger partial charge in [0.15, 0.2) is 0 Å². The lowest BCUT2D eigenvalue weighted by molar-refractivity contribution is 0.102. The zero-order valence-electron chi connectivity index (χ0n) is 19.9. The third kappa shape index (κ3) is 5.25. The van der Waals surface area contributed by atoms with Gasteiger partial charge in [0.2, 0.25) is 11.7 Å². The van der Waals surface area contributed by atoms with Crippen LogP contribution in [0.5, 0.6) is 0 Å². The van der Waals surface area contributed by atoms with E-state index in [1.165, 1.54) is 23.5 Å². The number of amides is 1. The fourth-order valence-electron chi connectivity index (χ4n) is 3.28. The van der Waals surface area contributed by atoms with Crippen molar-refractivity contribution in [1.29, 1.82) is 0 Å². The van der Waals surface area contributed by atoms with Gasteiger partial charge in [-0.25, -0.2) is 8.42 Å². The van der Waals surface area contributed by atoms with Crippen molar-refractivity contribution < 1.29 is 17.7 Å². The molecule has 1 N–H and O–H groups in total. The van der Waals surface area contributed by atoms with Gasteiger partial charge in [-0.1, -0.05) is 50.2 Å². The summed E-state index contributed by atoms with van der Waals surface area (Å²) in [6, 6.07) is 21.7. The maximum atomic E-state index is 13.1. The van der Waals surface area contributed by atoms with Crippen LogP contribution >= 0.6 is 0 Å². The van der Waals surface area contributed by atoms with Gasteiger partial charge in [-0.05, 0) is 54.6 Å². The highest BCUT2D eigenvalue weighted by Crippen LogP contribution is 2.25. The van der Waals surface area contributed by atoms with Gasteiger partial charge in [-0.15, -0.1) is 0 Å². The molecule has 1 aromatic heterocycles. The Hall–Kier alpha value is -3.98. The highest BCUT2D eigenvalue weighted by Gasteiger charge is 2.23. The summed E-state index contributed by atoms with van der Waals surface area (Å²) in [5, 5.41) is 6.82. The highest BCUT2D eigenvalue weighted by molar-refractivity contribution is 7.92. The number of nitrogens with one attached hydrogen (secondary N) is 1. The number of hydrogen-bond donors (Lipinski definition) is 1. The summed E-state index contributed by atoms with van der Waals surface area (Å²) in [5.41, 5.74) is 1.80. The molecule has 9 heteroatoms. The smallest absolute Gasteiger partial charge is 0.264 e. The lowest BCUT2D eigenvalue weighted by atomic mass is 9.97. The number of aromatic nitrogens is 2. The molecule has 0 bridgehead atoms. The molecule has 0 atom stereocenters. The first kappa shape index (κ1) is 24.2. The minimum absolute atomic E-state index is 0.0265. The van der Waals surface area contributed by atoms with Crippen molar-refractivity contribution in [2.24, 2.45) is 0 Å². The molecule has 3 aromatic carbocycles. The second-order valence-electron chi connectivity index (χ2n) is 9.04. The summed E-state index contributed by atoms with van der Waals surface area (Å²) in [6.07, 6.45) is 0. The Kier molecular flexibility index (Phi) is 6.45. The Balaban J connectivity index is 1.50. The summed E-state index contributed by atoms with van der Waals surface area (Å²) >= 11 is 0. The average Bonchev–Trinajstić information content (AvgIpc) is 3.36. The van der Waals surface area contributed by atoms with Gasteiger partial charge in [0.25, 0.3) is 15.9 Å². The first-order valence-electron chi connectivity index (χ1n) is 11.0. The molecule has 180 valence electrons. The molecular weight excluding hydrogens is 464 g/mol. The number of hydrogen-bond acceptors (Lipinski definition) is 6. The molecule has 0 spiro atoms. The Morgan fingerprint density at radius 1 is 0.943 bits per heavy atom. The molecule has 0 unspecified atom stereocenters. The SMILES string of the molecule is CN(c1ccccc1)S(=O)(=O)c1cccc(C(=O)Nc2ccc(-c3noc(C(C)(C)C)n3)cc2)c1. The monoisotopic (exact) mass is 490 g/mol. The van der Waals surface area contributed by atoms with E-state index in [9.17, 15) is 13.2 Å². The van der Waals surface area contributed by atoms with Crippen molar-refractivity contribution in [3.63, 3.8) is 0 Å². The van der Waals surface area contributed by atoms with E-state index in [1.807, 2.05) is 26.8 Å². The largest absolute Gasteiger partial charge is 0.338 e. The molecule has 0 aliphatic carbocycles. The first-order chi connectivity index (χ1) is 16.6. The molecule has 8 nitrogen and oxygen atoms in total. The van der Waals surface area contributed by atoms with Gasteiger partial charge in [-0.2, -0.15) is 4.98 Å². The van der Waals surface area contributed by atoms with Crippen LogP contribution in [-0.2, 0) is 15.4 Å². The third-order valence-corrected chi connectivity index (χ3v) is 7.12. The fraction of sp³-hybridized carbons (Fsp3) is 0.192. The Labute approximate surface area is 204 Å². The van der Waals surface area contributed by atoms with Gasteiger partial charge < -0.3 is 9.84 Å². The molecule has 1 amide bonds. The molecule has 4 rings (SSSR count). The Morgan fingerprint density at radius 3 is 2.26 bits per heavy atom. The van der Waals surface area contributed by atoms with E-state index >= 15 is 0 Å². The maximum absolute atomic E-state index is 13.1. The number of carbonyl (C=O) groups excluding carboxylic acids is 1. The first-order valence-corrected chi connectivity index (χ1v) is 12.4. The van der Waals surface area contributed by atoms with Crippen LogP contribution in [0, 0.1) is 0 Å². The van der Waals surface area contributed by atoms with Crippen molar-refractivity contribution >= 4 is 27.3 Å². The number of rotatable bonds is 6. The van der Waals surface area contributed by atoms with Gasteiger partial charge in [-0.3, -0.25) is 9.10 Å². The van der Waals surface area contributed by atoms with Crippen molar-refractivity contribution in [3.05, 3.63) is 90.3 Å². The van der Waals surface area contributed by atoms with E-state index in [1.54, 1.807) is 60.7 Å². The summed E-state index contributed by atoms with van der Waals surface area (Å²) < 4.78 is 32.7. The van der Waals surface area contributed by atoms with Gasteiger partial charge in [0.05, 0.1) is 10.6 Å². The molecule has 0 aliphatic heterocycles. The average molecular weight is 491 g/mol. The normalized spacial score (nSPS) is 11.8. The predicted molar refractivity (Wildman–Crippen MR) is 135 cm³/mol. The molecule has 0 fully saturated rings. The number of carbonyl (C=O) groups is 1. The van der Waals surface area contributed by atoms with E-state index in [2.05, 4.69) is 15.5 Å². The number of sulfonamides is 1. The van der Waals surface area contributed by atoms with Crippen LogP contribution in [0.1, 0.15) is 37.0 Å². The quantitative estimate of drug-likeness (QED) is 0.403. The van der Waals surface area contributed by atoms with Crippen molar-refractivity contribution in [2.45, 2.75) is 31.1 Å². The summed E-state index contributed by atoms with van der Waals surface area (Å²) in [7, 11) is -2.36. The second-order valence-corrected chi connectivity index (χ2v) is 11.0. The van der Waals surface area contributed by atoms with Crippen LogP contribution in [0.15, 0.2) is 88.3 Å². The molecule has 0 saturated heterocycles. The maximum Gasteiger partial charge on any atom is 0.264 e. The van der Waals surface area contributed by atoms with Crippen molar-refractivity contribution in [1.82, 2.24) is 10.1 Å². The Bertz CT molecular complexity index is 1440. The van der Waals surface area contributed by atoms with E-state index in [0.29, 0.717) is 23.1 Å². The second kappa shape index (κ2) is 9.34. The standard InChI is InChI=1S/C26H26N4O4S/c1-26(2,3)25-28-23(29-34-25)18-13-15-20(16-14-18)27-24(31)19-9-8-12-22(17-19)35(32,33)30(4)21-10-6-5-7-11-21/h5-17H,1-4H3,(H,27,31). The van der Waals surface area contributed by atoms with E-state index in [-0.39, 0.29) is 15.9 Å². The molecule has 0 saturated carbocycles. The fourth-order valence-corrected chi connectivity index (χ4v) is 4.53. The summed E-state index contributed by atoms with van der Waals surface area (Å²) in [6.45, 7) is 5.97. The predicted octanol–water partition coefficient (Wildman–Crippen LogP) is 5.11. The molecule has 0 aliphatic rings. The highest BCUT2D eigenvalue weighted by atomic mass is 32.2.